The number of morpholine rings is 1. The molecule has 0 radical (unpaired) electrons. The molecular weight excluding hydrogens is 554 g/mol. The Bertz CT molecular complexity index is 1250. The minimum absolute atomic E-state index is 0. The highest BCUT2D eigenvalue weighted by Crippen LogP contribution is 2.28. The molecule has 1 aromatic carbocycles. The van der Waals surface area contributed by atoms with E-state index in [0.717, 1.165) is 24.8 Å². The Labute approximate surface area is 240 Å². The molecule has 1 N–H and O–H groups in total. The summed E-state index contributed by atoms with van der Waals surface area (Å²) in [5.74, 6) is -0.00940. The van der Waals surface area contributed by atoms with Crippen molar-refractivity contribution in [1.82, 2.24) is 19.9 Å². The lowest BCUT2D eigenvalue weighted by atomic mass is 10.1. The van der Waals surface area contributed by atoms with Crippen LogP contribution in [0.3, 0.4) is 0 Å². The van der Waals surface area contributed by atoms with Crippen molar-refractivity contribution in [2.45, 2.75) is 32.0 Å². The maximum atomic E-state index is 14.3. The van der Waals surface area contributed by atoms with Gasteiger partial charge < -0.3 is 19.9 Å². The number of nitrogens with one attached hydrogen (secondary N) is 1. The third-order valence-electron chi connectivity index (χ3n) is 6.70. The molecule has 3 atom stereocenters. The lowest BCUT2D eigenvalue weighted by Crippen LogP contribution is -2.54. The Morgan fingerprint density at radius 1 is 1.00 bits per heavy atom. The van der Waals surface area contributed by atoms with Gasteiger partial charge in [0.15, 0.2) is 5.82 Å². The summed E-state index contributed by atoms with van der Waals surface area (Å²) in [6, 6.07) is 12.3. The van der Waals surface area contributed by atoms with E-state index in [1.54, 1.807) is 7.05 Å². The van der Waals surface area contributed by atoms with Crippen molar-refractivity contribution < 1.29 is 9.13 Å². The molecule has 0 unspecified atom stereocenters. The van der Waals surface area contributed by atoms with Crippen LogP contribution >= 0.6 is 37.2 Å². The molecule has 4 heterocycles. The Kier molecular flexibility index (Phi) is 11.4. The number of piperazine rings is 1. The minimum Gasteiger partial charge on any atom is -0.370 e. The van der Waals surface area contributed by atoms with E-state index >= 15 is 0 Å². The number of hydrogen-bond acceptors (Lipinski definition) is 7. The van der Waals surface area contributed by atoms with E-state index in [9.17, 15) is 9.18 Å². The van der Waals surface area contributed by atoms with Crippen LogP contribution in [-0.4, -0.2) is 59.4 Å². The summed E-state index contributed by atoms with van der Waals surface area (Å²) in [5, 5.41) is 3.57. The van der Waals surface area contributed by atoms with Crippen molar-refractivity contribution in [2.24, 2.45) is 7.05 Å². The first-order chi connectivity index (χ1) is 16.9. The fourth-order valence-electron chi connectivity index (χ4n) is 5.00. The Morgan fingerprint density at radius 2 is 1.68 bits per heavy atom. The SMILES string of the molecule is C[C@@H]1CN(c2ccc([C@H]3CN(c4nc(-c5ccncc5F)cc(=O)n4C)CCO3)cc2)C[C@H](C)N1.Cl.Cl.Cl. The highest BCUT2D eigenvalue weighted by molar-refractivity contribution is 5.86. The molecular formula is C26H34Cl3FN6O2. The molecule has 0 bridgehead atoms. The second-order valence-electron chi connectivity index (χ2n) is 9.46. The molecule has 0 aliphatic carbocycles. The largest absolute Gasteiger partial charge is 0.370 e. The van der Waals surface area contributed by atoms with Gasteiger partial charge in [-0.1, -0.05) is 12.1 Å². The second-order valence-corrected chi connectivity index (χ2v) is 9.46. The van der Waals surface area contributed by atoms with E-state index in [1.807, 2.05) is 4.90 Å². The highest BCUT2D eigenvalue weighted by atomic mass is 35.5. The van der Waals surface area contributed by atoms with Crippen LogP contribution in [-0.2, 0) is 11.8 Å². The first kappa shape index (κ1) is 31.8. The average Bonchev–Trinajstić information content (AvgIpc) is 2.85. The first-order valence-corrected chi connectivity index (χ1v) is 12.0. The molecule has 0 saturated carbocycles. The van der Waals surface area contributed by atoms with Gasteiger partial charge in [0.25, 0.3) is 5.56 Å². The third-order valence-corrected chi connectivity index (χ3v) is 6.70. The van der Waals surface area contributed by atoms with Crippen LogP contribution in [0.15, 0.2) is 53.6 Å². The van der Waals surface area contributed by atoms with Gasteiger partial charge in [-0.15, -0.1) is 37.2 Å². The number of benzene rings is 1. The van der Waals surface area contributed by atoms with Crippen molar-refractivity contribution in [2.75, 3.05) is 42.6 Å². The van der Waals surface area contributed by atoms with Crippen molar-refractivity contribution >= 4 is 48.9 Å². The van der Waals surface area contributed by atoms with Crippen LogP contribution in [0, 0.1) is 5.82 Å². The monoisotopic (exact) mass is 586 g/mol. The Hall–Kier alpha value is -2.43. The zero-order valence-electron chi connectivity index (χ0n) is 21.5. The molecule has 2 fully saturated rings. The van der Waals surface area contributed by atoms with Crippen molar-refractivity contribution in [3.8, 4) is 11.3 Å². The summed E-state index contributed by atoms with van der Waals surface area (Å²) in [7, 11) is 1.69. The van der Waals surface area contributed by atoms with Crippen LogP contribution in [0.2, 0.25) is 0 Å². The van der Waals surface area contributed by atoms with Crippen LogP contribution in [0.25, 0.3) is 11.3 Å². The Morgan fingerprint density at radius 3 is 2.34 bits per heavy atom. The number of pyridine rings is 1. The van der Waals surface area contributed by atoms with Crippen LogP contribution in [0.1, 0.15) is 25.5 Å². The number of ether oxygens (including phenoxy) is 1. The number of hydrogen-bond donors (Lipinski definition) is 1. The highest BCUT2D eigenvalue weighted by Gasteiger charge is 2.26. The summed E-state index contributed by atoms with van der Waals surface area (Å²) in [5.41, 5.74) is 2.60. The van der Waals surface area contributed by atoms with Gasteiger partial charge in [-0.25, -0.2) is 9.37 Å². The van der Waals surface area contributed by atoms with Crippen LogP contribution < -0.4 is 20.7 Å². The van der Waals surface area contributed by atoms with E-state index in [0.29, 0.717) is 43.4 Å². The maximum absolute atomic E-state index is 14.3. The smallest absolute Gasteiger partial charge is 0.255 e. The standard InChI is InChI=1S/C26H31FN6O2.3ClH/c1-17-14-33(15-18(2)29-17)20-6-4-19(5-7-20)24-16-32(10-11-35-24)26-30-23(12-25(34)31(26)3)21-8-9-28-13-22(21)27;;;/h4-9,12-13,17-18,24,29H,10-11,14-16H2,1-3H3;3*1H/t17-,18+,24-;;;/m1.../s1. The number of halogens is 4. The van der Waals surface area contributed by atoms with Gasteiger partial charge in [-0.3, -0.25) is 14.3 Å². The third kappa shape index (κ3) is 6.76. The molecule has 0 spiro atoms. The maximum Gasteiger partial charge on any atom is 0.255 e. The van der Waals surface area contributed by atoms with Crippen molar-refractivity contribution in [3.63, 3.8) is 0 Å². The molecule has 2 aromatic heterocycles. The van der Waals surface area contributed by atoms with E-state index in [2.05, 4.69) is 58.3 Å². The summed E-state index contributed by atoms with van der Waals surface area (Å²) >= 11 is 0. The molecule has 5 rings (SSSR count). The van der Waals surface area contributed by atoms with Gasteiger partial charge >= 0.3 is 0 Å². The summed E-state index contributed by atoms with van der Waals surface area (Å²) in [6.45, 7) is 8.01. The van der Waals surface area contributed by atoms with Crippen molar-refractivity contribution in [1.29, 1.82) is 0 Å². The molecule has 0 amide bonds. The zero-order chi connectivity index (χ0) is 24.5. The summed E-state index contributed by atoms with van der Waals surface area (Å²) in [4.78, 5) is 25.6. The fourth-order valence-corrected chi connectivity index (χ4v) is 5.00. The zero-order valence-corrected chi connectivity index (χ0v) is 24.0. The second kappa shape index (κ2) is 13.6. The predicted molar refractivity (Wildman–Crippen MR) is 156 cm³/mol. The molecule has 2 saturated heterocycles. The number of anilines is 2. The first-order valence-electron chi connectivity index (χ1n) is 12.0. The summed E-state index contributed by atoms with van der Waals surface area (Å²) < 4.78 is 21.9. The van der Waals surface area contributed by atoms with Crippen LogP contribution in [0.4, 0.5) is 16.0 Å². The van der Waals surface area contributed by atoms with Gasteiger partial charge in [-0.2, -0.15) is 0 Å². The van der Waals surface area contributed by atoms with E-state index < -0.39 is 5.82 Å². The van der Waals surface area contributed by atoms with E-state index in [-0.39, 0.29) is 54.4 Å². The molecule has 38 heavy (non-hydrogen) atoms. The molecule has 12 heteroatoms. The van der Waals surface area contributed by atoms with E-state index in [4.69, 9.17) is 4.74 Å². The quantitative estimate of drug-likeness (QED) is 0.494. The molecule has 2 aliphatic heterocycles. The number of rotatable bonds is 4. The lowest BCUT2D eigenvalue weighted by Gasteiger charge is -2.38. The van der Waals surface area contributed by atoms with Gasteiger partial charge in [-0.05, 0) is 37.6 Å². The fraction of sp³-hybridized carbons (Fsp3) is 0.423. The Balaban J connectivity index is 0.00000169. The van der Waals surface area contributed by atoms with Gasteiger partial charge in [0, 0.05) is 62.3 Å². The van der Waals surface area contributed by atoms with Crippen molar-refractivity contribution in [3.05, 3.63) is 70.5 Å². The number of nitrogens with zero attached hydrogens (tertiary/aromatic N) is 5. The topological polar surface area (TPSA) is 75.5 Å². The van der Waals surface area contributed by atoms with Gasteiger partial charge in [0.05, 0.1) is 25.0 Å². The summed E-state index contributed by atoms with van der Waals surface area (Å²) in [6.07, 6.45) is 2.47. The lowest BCUT2D eigenvalue weighted by molar-refractivity contribution is 0.0390. The molecule has 3 aromatic rings. The van der Waals surface area contributed by atoms with Crippen LogP contribution in [0.5, 0.6) is 0 Å². The van der Waals surface area contributed by atoms with Gasteiger partial charge in [0.2, 0.25) is 5.95 Å². The normalized spacial score (nSPS) is 21.1. The molecule has 208 valence electrons. The van der Waals surface area contributed by atoms with E-state index in [1.165, 1.54) is 28.6 Å². The molecule has 2 aliphatic rings. The molecule has 8 nitrogen and oxygen atoms in total. The predicted octanol–water partition coefficient (Wildman–Crippen LogP) is 4.01. The minimum atomic E-state index is -0.507. The average molecular weight is 588 g/mol. The number of aromatic nitrogens is 3. The van der Waals surface area contributed by atoms with Gasteiger partial charge in [0.1, 0.15) is 6.10 Å².